The number of aromatic nitrogens is 1. The van der Waals surface area contributed by atoms with Gasteiger partial charge in [-0.1, -0.05) is 12.1 Å². The van der Waals surface area contributed by atoms with E-state index in [0.717, 1.165) is 43.9 Å². The minimum absolute atomic E-state index is 0.163. The molecule has 25 heavy (non-hydrogen) atoms. The number of carboxylic acids is 1. The highest BCUT2D eigenvalue weighted by molar-refractivity contribution is 5.67. The van der Waals surface area contributed by atoms with Crippen molar-refractivity contribution in [2.75, 3.05) is 24.6 Å². The number of rotatable bonds is 7. The van der Waals surface area contributed by atoms with Crippen molar-refractivity contribution in [3.05, 3.63) is 54.4 Å². The van der Waals surface area contributed by atoms with E-state index < -0.39 is 5.97 Å². The van der Waals surface area contributed by atoms with E-state index in [1.54, 1.807) is 0 Å². The molecular formula is C20H24N2O3. The Morgan fingerprint density at radius 3 is 2.44 bits per heavy atom. The predicted octanol–water partition coefficient (Wildman–Crippen LogP) is 3.39. The highest BCUT2D eigenvalue weighted by Gasteiger charge is 2.20. The molecule has 2 aromatic rings. The van der Waals surface area contributed by atoms with Gasteiger partial charge < -0.3 is 14.7 Å². The van der Waals surface area contributed by atoms with Crippen LogP contribution in [0.2, 0.25) is 0 Å². The second-order valence-electron chi connectivity index (χ2n) is 6.48. The summed E-state index contributed by atoms with van der Waals surface area (Å²) in [7, 11) is 0. The summed E-state index contributed by atoms with van der Waals surface area (Å²) < 4.78 is 5.92. The van der Waals surface area contributed by atoms with E-state index in [1.807, 2.05) is 36.7 Å². The summed E-state index contributed by atoms with van der Waals surface area (Å²) in [6, 6.07) is 11.9. The van der Waals surface area contributed by atoms with Crippen LogP contribution in [0.3, 0.4) is 0 Å². The van der Waals surface area contributed by atoms with Crippen LogP contribution in [0.25, 0.3) is 0 Å². The first-order valence-electron chi connectivity index (χ1n) is 8.79. The third-order valence-electron chi connectivity index (χ3n) is 4.68. The number of nitrogens with zero attached hydrogens (tertiary/aromatic N) is 2. The van der Waals surface area contributed by atoms with Crippen LogP contribution >= 0.6 is 0 Å². The zero-order chi connectivity index (χ0) is 17.5. The monoisotopic (exact) mass is 340 g/mol. The maximum absolute atomic E-state index is 10.6. The summed E-state index contributed by atoms with van der Waals surface area (Å²) in [5, 5.41) is 8.72. The first-order valence-corrected chi connectivity index (χ1v) is 8.79. The lowest BCUT2D eigenvalue weighted by Crippen LogP contribution is -2.35. The lowest BCUT2D eigenvalue weighted by molar-refractivity contribution is -0.136. The van der Waals surface area contributed by atoms with Gasteiger partial charge in [-0.3, -0.25) is 9.78 Å². The molecule has 1 saturated heterocycles. The first-order chi connectivity index (χ1) is 12.2. The third kappa shape index (κ3) is 5.21. The zero-order valence-electron chi connectivity index (χ0n) is 14.3. The van der Waals surface area contributed by atoms with E-state index in [-0.39, 0.29) is 6.42 Å². The molecule has 0 amide bonds. The van der Waals surface area contributed by atoms with Crippen molar-refractivity contribution < 1.29 is 14.6 Å². The Morgan fingerprint density at radius 2 is 1.80 bits per heavy atom. The Kier molecular flexibility index (Phi) is 5.88. The van der Waals surface area contributed by atoms with Crippen LogP contribution in [0.4, 0.5) is 5.69 Å². The van der Waals surface area contributed by atoms with Gasteiger partial charge in [-0.15, -0.1) is 0 Å². The van der Waals surface area contributed by atoms with Crippen molar-refractivity contribution >= 4 is 11.7 Å². The molecule has 1 fully saturated rings. The lowest BCUT2D eigenvalue weighted by atomic mass is 9.97. The van der Waals surface area contributed by atoms with E-state index in [0.29, 0.717) is 12.3 Å². The van der Waals surface area contributed by atoms with Gasteiger partial charge in [-0.25, -0.2) is 0 Å². The number of aryl methyl sites for hydroxylation is 1. The van der Waals surface area contributed by atoms with Gasteiger partial charge in [0.05, 0.1) is 6.61 Å². The van der Waals surface area contributed by atoms with Crippen molar-refractivity contribution in [2.45, 2.75) is 25.7 Å². The summed E-state index contributed by atoms with van der Waals surface area (Å²) in [5.41, 5.74) is 2.27. The summed E-state index contributed by atoms with van der Waals surface area (Å²) in [5.74, 6) is 0.666. The number of pyridine rings is 1. The van der Waals surface area contributed by atoms with Crippen LogP contribution in [0.15, 0.2) is 48.8 Å². The van der Waals surface area contributed by atoms with Gasteiger partial charge in [0.2, 0.25) is 0 Å². The van der Waals surface area contributed by atoms with Crippen molar-refractivity contribution in [1.82, 2.24) is 4.98 Å². The van der Waals surface area contributed by atoms with Crippen molar-refractivity contribution in [3.63, 3.8) is 0 Å². The molecule has 0 aliphatic carbocycles. The normalized spacial score (nSPS) is 15.1. The van der Waals surface area contributed by atoms with Crippen LogP contribution in [0.1, 0.15) is 24.8 Å². The van der Waals surface area contributed by atoms with Crippen LogP contribution in [0, 0.1) is 5.92 Å². The molecule has 0 bridgehead atoms. The summed E-state index contributed by atoms with van der Waals surface area (Å²) in [4.78, 5) is 17.1. The maximum Gasteiger partial charge on any atom is 0.303 e. The number of carboxylic acid groups (broad SMARTS) is 1. The quantitative estimate of drug-likeness (QED) is 0.837. The molecule has 5 heteroatoms. The van der Waals surface area contributed by atoms with Gasteiger partial charge in [0, 0.05) is 37.6 Å². The molecule has 0 atom stereocenters. The smallest absolute Gasteiger partial charge is 0.303 e. The number of hydrogen-bond acceptors (Lipinski definition) is 4. The zero-order valence-corrected chi connectivity index (χ0v) is 14.3. The molecule has 0 unspecified atom stereocenters. The molecule has 1 aliphatic rings. The second kappa shape index (κ2) is 8.51. The topological polar surface area (TPSA) is 62.7 Å². The fraction of sp³-hybridized carbons (Fsp3) is 0.400. The molecule has 5 nitrogen and oxygen atoms in total. The van der Waals surface area contributed by atoms with Crippen LogP contribution in [-0.2, 0) is 11.2 Å². The van der Waals surface area contributed by atoms with Crippen LogP contribution < -0.4 is 9.64 Å². The molecule has 3 rings (SSSR count). The molecule has 132 valence electrons. The Morgan fingerprint density at radius 1 is 1.12 bits per heavy atom. The highest BCUT2D eigenvalue weighted by Crippen LogP contribution is 2.23. The van der Waals surface area contributed by atoms with Gasteiger partial charge in [0.25, 0.3) is 0 Å². The standard InChI is InChI=1S/C20H24N2O3/c23-20(24)6-3-16-1-4-19(5-2-16)25-15-17-9-13-22(14-10-17)18-7-11-21-12-8-18/h1-2,4-5,7-8,11-12,17H,3,6,9-10,13-15H2,(H,23,24). The number of anilines is 1. The van der Waals surface area contributed by atoms with E-state index in [4.69, 9.17) is 9.84 Å². The largest absolute Gasteiger partial charge is 0.493 e. The van der Waals surface area contributed by atoms with Gasteiger partial charge >= 0.3 is 5.97 Å². The van der Waals surface area contributed by atoms with E-state index in [1.165, 1.54) is 5.69 Å². The molecule has 0 saturated carbocycles. The summed E-state index contributed by atoms with van der Waals surface area (Å²) in [6.07, 6.45) is 6.65. The van der Waals surface area contributed by atoms with E-state index in [2.05, 4.69) is 22.0 Å². The second-order valence-corrected chi connectivity index (χ2v) is 6.48. The highest BCUT2D eigenvalue weighted by atomic mass is 16.5. The molecule has 0 spiro atoms. The number of hydrogen-bond donors (Lipinski definition) is 1. The molecule has 1 aromatic carbocycles. The molecule has 1 aromatic heterocycles. The Balaban J connectivity index is 1.41. The number of piperidine rings is 1. The fourth-order valence-electron chi connectivity index (χ4n) is 3.13. The SMILES string of the molecule is O=C(O)CCc1ccc(OCC2CCN(c3ccncc3)CC2)cc1. The van der Waals surface area contributed by atoms with Crippen LogP contribution in [0.5, 0.6) is 5.75 Å². The Hall–Kier alpha value is -2.56. The average Bonchev–Trinajstić information content (AvgIpc) is 2.66. The van der Waals surface area contributed by atoms with Gasteiger partial charge in [-0.2, -0.15) is 0 Å². The minimum Gasteiger partial charge on any atom is -0.493 e. The van der Waals surface area contributed by atoms with Gasteiger partial charge in [-0.05, 0) is 55.0 Å². The Bertz CT molecular complexity index is 665. The summed E-state index contributed by atoms with van der Waals surface area (Å²) >= 11 is 0. The third-order valence-corrected chi connectivity index (χ3v) is 4.68. The summed E-state index contributed by atoms with van der Waals surface area (Å²) in [6.45, 7) is 2.83. The van der Waals surface area contributed by atoms with Crippen molar-refractivity contribution in [1.29, 1.82) is 0 Å². The first kappa shape index (κ1) is 17.3. The molecule has 0 radical (unpaired) electrons. The molecule has 1 N–H and O–H groups in total. The number of ether oxygens (including phenoxy) is 1. The van der Waals surface area contributed by atoms with Gasteiger partial charge in [0.15, 0.2) is 0 Å². The van der Waals surface area contributed by atoms with Crippen LogP contribution in [-0.4, -0.2) is 35.8 Å². The lowest BCUT2D eigenvalue weighted by Gasteiger charge is -2.33. The average molecular weight is 340 g/mol. The number of benzene rings is 1. The molecule has 1 aliphatic heterocycles. The Labute approximate surface area is 148 Å². The van der Waals surface area contributed by atoms with Crippen molar-refractivity contribution in [3.8, 4) is 5.75 Å². The number of carbonyl (C=O) groups is 1. The van der Waals surface area contributed by atoms with E-state index >= 15 is 0 Å². The van der Waals surface area contributed by atoms with Crippen molar-refractivity contribution in [2.24, 2.45) is 5.92 Å². The van der Waals surface area contributed by atoms with E-state index in [9.17, 15) is 4.79 Å². The maximum atomic E-state index is 10.6. The number of aliphatic carboxylic acids is 1. The minimum atomic E-state index is -0.765. The van der Waals surface area contributed by atoms with Gasteiger partial charge in [0.1, 0.15) is 5.75 Å². The fourth-order valence-corrected chi connectivity index (χ4v) is 3.13. The molecular weight excluding hydrogens is 316 g/mol. The predicted molar refractivity (Wildman–Crippen MR) is 97.1 cm³/mol. The molecule has 2 heterocycles.